The molecule has 1 atom stereocenters. The van der Waals surface area contributed by atoms with Crippen molar-refractivity contribution in [3.8, 4) is 0 Å². The number of hydrogen-bond acceptors (Lipinski definition) is 5. The number of halogens is 1. The van der Waals surface area contributed by atoms with Gasteiger partial charge in [-0.2, -0.15) is 0 Å². The fraction of sp³-hybridized carbons (Fsp3) is 0.105. The van der Waals surface area contributed by atoms with Crippen molar-refractivity contribution < 1.29 is 18.7 Å². The van der Waals surface area contributed by atoms with E-state index in [0.29, 0.717) is 10.4 Å². The van der Waals surface area contributed by atoms with Gasteiger partial charge in [-0.1, -0.05) is 24.3 Å². The van der Waals surface area contributed by atoms with Gasteiger partial charge in [-0.05, 0) is 35.2 Å². The molecule has 3 rings (SSSR count). The minimum atomic E-state index is -1.13. The highest BCUT2D eigenvalue weighted by atomic mass is 32.1. The number of aromatic nitrogens is 1. The first kappa shape index (κ1) is 17.8. The summed E-state index contributed by atoms with van der Waals surface area (Å²) in [5.74, 6) is -1.41. The minimum absolute atomic E-state index is 0.187. The first-order chi connectivity index (χ1) is 12.6. The van der Waals surface area contributed by atoms with E-state index in [1.165, 1.54) is 29.7 Å². The second-order valence-corrected chi connectivity index (χ2v) is 6.34. The second-order valence-electron chi connectivity index (χ2n) is 5.39. The molecular formula is C19H15FN2O3S. The molecule has 5 nitrogen and oxygen atoms in total. The topological polar surface area (TPSA) is 68.3 Å². The Hall–Kier alpha value is -3.06. The van der Waals surface area contributed by atoms with E-state index in [0.717, 1.165) is 5.56 Å². The van der Waals surface area contributed by atoms with Crippen LogP contribution in [0, 0.1) is 5.82 Å². The van der Waals surface area contributed by atoms with E-state index in [9.17, 15) is 14.0 Å². The molecule has 0 unspecified atom stereocenters. The number of ether oxygens (including phenoxy) is 1. The van der Waals surface area contributed by atoms with Gasteiger partial charge in [0.15, 0.2) is 0 Å². The van der Waals surface area contributed by atoms with Gasteiger partial charge in [0.1, 0.15) is 10.7 Å². The zero-order chi connectivity index (χ0) is 18.4. The Morgan fingerprint density at radius 2 is 1.96 bits per heavy atom. The van der Waals surface area contributed by atoms with Gasteiger partial charge in [-0.15, -0.1) is 11.3 Å². The van der Waals surface area contributed by atoms with E-state index in [2.05, 4.69) is 10.3 Å². The normalized spacial score (nSPS) is 11.6. The number of carbonyl (C=O) groups is 2. The summed E-state index contributed by atoms with van der Waals surface area (Å²) < 4.78 is 18.4. The number of benzene rings is 1. The van der Waals surface area contributed by atoms with Gasteiger partial charge < -0.3 is 10.1 Å². The number of pyridine rings is 1. The van der Waals surface area contributed by atoms with Gasteiger partial charge in [0, 0.05) is 24.5 Å². The molecule has 2 heterocycles. The summed E-state index contributed by atoms with van der Waals surface area (Å²) in [6.45, 7) is 0.187. The summed E-state index contributed by atoms with van der Waals surface area (Å²) in [6.07, 6.45) is 1.92. The smallest absolute Gasteiger partial charge is 0.349 e. The number of nitrogens with zero attached hydrogens (tertiary/aromatic N) is 1. The highest BCUT2D eigenvalue weighted by Gasteiger charge is 2.26. The molecule has 0 aliphatic heterocycles. The van der Waals surface area contributed by atoms with Crippen LogP contribution in [0.5, 0.6) is 0 Å². The van der Waals surface area contributed by atoms with Crippen molar-refractivity contribution in [3.05, 3.63) is 88.1 Å². The number of esters is 1. The van der Waals surface area contributed by atoms with Gasteiger partial charge in [-0.3, -0.25) is 9.78 Å². The van der Waals surface area contributed by atoms with E-state index in [-0.39, 0.29) is 12.4 Å². The third-order valence-electron chi connectivity index (χ3n) is 3.55. The molecule has 1 aromatic carbocycles. The van der Waals surface area contributed by atoms with E-state index in [4.69, 9.17) is 4.74 Å². The molecule has 1 N–H and O–H groups in total. The lowest BCUT2D eigenvalue weighted by atomic mass is 10.1. The molecular weight excluding hydrogens is 355 g/mol. The molecule has 26 heavy (non-hydrogen) atoms. The van der Waals surface area contributed by atoms with Crippen LogP contribution in [-0.4, -0.2) is 16.9 Å². The summed E-state index contributed by atoms with van der Waals surface area (Å²) >= 11 is 1.23. The fourth-order valence-electron chi connectivity index (χ4n) is 2.25. The SMILES string of the molecule is O=C(O[C@@H](C(=O)NCc1ccc(F)cc1)c1cccnc1)c1cccs1. The van der Waals surface area contributed by atoms with E-state index >= 15 is 0 Å². The molecule has 0 saturated heterocycles. The number of thiophene rings is 1. The van der Waals surface area contributed by atoms with E-state index < -0.39 is 18.0 Å². The molecule has 132 valence electrons. The average molecular weight is 370 g/mol. The molecule has 0 radical (unpaired) electrons. The molecule has 0 aliphatic carbocycles. The van der Waals surface area contributed by atoms with Crippen molar-refractivity contribution >= 4 is 23.2 Å². The summed E-state index contributed by atoms with van der Waals surface area (Å²) in [5, 5.41) is 4.46. The Morgan fingerprint density at radius 3 is 2.62 bits per heavy atom. The number of rotatable bonds is 6. The monoisotopic (exact) mass is 370 g/mol. The molecule has 0 aliphatic rings. The maximum Gasteiger partial charge on any atom is 0.349 e. The standard InChI is InChI=1S/C19H15FN2O3S/c20-15-7-5-13(6-8-15)11-22-18(23)17(14-3-1-9-21-12-14)25-19(24)16-4-2-10-26-16/h1-10,12,17H,11H2,(H,22,23)/t17-/m1/s1. The zero-order valence-electron chi connectivity index (χ0n) is 13.6. The van der Waals surface area contributed by atoms with Crippen LogP contribution in [0.2, 0.25) is 0 Å². The second kappa shape index (κ2) is 8.35. The summed E-state index contributed by atoms with van der Waals surface area (Å²) in [7, 11) is 0. The largest absolute Gasteiger partial charge is 0.443 e. The van der Waals surface area contributed by atoms with Crippen molar-refractivity contribution in [1.82, 2.24) is 10.3 Å². The van der Waals surface area contributed by atoms with Crippen LogP contribution >= 0.6 is 11.3 Å². The third kappa shape index (κ3) is 4.52. The van der Waals surface area contributed by atoms with Crippen LogP contribution in [0.15, 0.2) is 66.3 Å². The van der Waals surface area contributed by atoms with Crippen LogP contribution in [-0.2, 0) is 16.1 Å². The fourth-order valence-corrected chi connectivity index (χ4v) is 2.85. The Kier molecular flexibility index (Phi) is 5.70. The maximum absolute atomic E-state index is 13.0. The van der Waals surface area contributed by atoms with Crippen LogP contribution in [0.4, 0.5) is 4.39 Å². The van der Waals surface area contributed by atoms with Gasteiger partial charge in [0.05, 0.1) is 0 Å². The van der Waals surface area contributed by atoms with Crippen molar-refractivity contribution in [2.75, 3.05) is 0 Å². The van der Waals surface area contributed by atoms with E-state index in [1.54, 1.807) is 48.0 Å². The Bertz CT molecular complexity index is 868. The average Bonchev–Trinajstić information content (AvgIpc) is 3.21. The molecule has 0 spiro atoms. The molecule has 3 aromatic rings. The summed E-state index contributed by atoms with van der Waals surface area (Å²) in [4.78, 5) is 29.2. The Balaban J connectivity index is 1.73. The van der Waals surface area contributed by atoms with Crippen molar-refractivity contribution in [2.45, 2.75) is 12.6 Å². The van der Waals surface area contributed by atoms with Gasteiger partial charge in [0.2, 0.25) is 6.10 Å². The number of carbonyl (C=O) groups excluding carboxylic acids is 2. The minimum Gasteiger partial charge on any atom is -0.443 e. The quantitative estimate of drug-likeness (QED) is 0.675. The predicted octanol–water partition coefficient (Wildman–Crippen LogP) is 3.50. The van der Waals surface area contributed by atoms with Crippen LogP contribution < -0.4 is 5.32 Å². The molecule has 0 saturated carbocycles. The lowest BCUT2D eigenvalue weighted by Gasteiger charge is -2.17. The number of amides is 1. The lowest BCUT2D eigenvalue weighted by Crippen LogP contribution is -2.31. The van der Waals surface area contributed by atoms with Gasteiger partial charge in [-0.25, -0.2) is 9.18 Å². The Labute approximate surface area is 153 Å². The van der Waals surface area contributed by atoms with Gasteiger partial charge >= 0.3 is 5.97 Å². The third-order valence-corrected chi connectivity index (χ3v) is 4.40. The Morgan fingerprint density at radius 1 is 1.15 bits per heavy atom. The molecule has 0 fully saturated rings. The zero-order valence-corrected chi connectivity index (χ0v) is 14.4. The molecule has 0 bridgehead atoms. The van der Waals surface area contributed by atoms with Crippen LogP contribution in [0.1, 0.15) is 26.9 Å². The van der Waals surface area contributed by atoms with Gasteiger partial charge in [0.25, 0.3) is 5.91 Å². The van der Waals surface area contributed by atoms with Crippen molar-refractivity contribution in [3.63, 3.8) is 0 Å². The van der Waals surface area contributed by atoms with Crippen LogP contribution in [0.3, 0.4) is 0 Å². The first-order valence-corrected chi connectivity index (χ1v) is 8.68. The summed E-state index contributed by atoms with van der Waals surface area (Å²) in [6, 6.07) is 12.5. The molecule has 1 amide bonds. The maximum atomic E-state index is 13.0. The predicted molar refractivity (Wildman–Crippen MR) is 95.0 cm³/mol. The number of hydrogen-bond donors (Lipinski definition) is 1. The highest BCUT2D eigenvalue weighted by Crippen LogP contribution is 2.21. The van der Waals surface area contributed by atoms with Crippen molar-refractivity contribution in [2.24, 2.45) is 0 Å². The first-order valence-electron chi connectivity index (χ1n) is 7.80. The van der Waals surface area contributed by atoms with Crippen LogP contribution in [0.25, 0.3) is 0 Å². The number of nitrogens with one attached hydrogen (secondary N) is 1. The summed E-state index contributed by atoms with van der Waals surface area (Å²) in [5.41, 5.74) is 1.20. The molecule has 7 heteroatoms. The molecule has 2 aromatic heterocycles. The lowest BCUT2D eigenvalue weighted by molar-refractivity contribution is -0.130. The highest BCUT2D eigenvalue weighted by molar-refractivity contribution is 7.11. The van der Waals surface area contributed by atoms with E-state index in [1.807, 2.05) is 0 Å². The van der Waals surface area contributed by atoms with Crippen molar-refractivity contribution in [1.29, 1.82) is 0 Å².